The second-order valence-electron chi connectivity index (χ2n) is 6.38. The van der Waals surface area contributed by atoms with E-state index in [1.54, 1.807) is 0 Å². The van der Waals surface area contributed by atoms with E-state index in [-0.39, 0.29) is 24.8 Å². The average molecular weight is 462 g/mol. The van der Waals surface area contributed by atoms with Crippen LogP contribution in [-0.4, -0.2) is 24.4 Å². The Bertz CT molecular complexity index is 695. The first-order valence-electron chi connectivity index (χ1n) is 8.03. The van der Waals surface area contributed by atoms with E-state index in [2.05, 4.69) is 80.8 Å². The Morgan fingerprint density at radius 3 is 1.73 bits per heavy atom. The van der Waals surface area contributed by atoms with Crippen LogP contribution in [0.25, 0.3) is 21.5 Å². The van der Waals surface area contributed by atoms with Gasteiger partial charge < -0.3 is 4.43 Å². The van der Waals surface area contributed by atoms with Crippen LogP contribution in [0, 0.1) is 0 Å². The SMILES string of the molecule is C[Si]CCO[Si](C)(C)C.Cl.Cl.[O]=[Ti+].c1ccc2c(c1)[cH-]c1ccccc12. The van der Waals surface area contributed by atoms with Gasteiger partial charge in [-0.25, -0.2) is 0 Å². The van der Waals surface area contributed by atoms with Crippen molar-refractivity contribution >= 4 is 64.2 Å². The van der Waals surface area contributed by atoms with E-state index >= 15 is 0 Å². The molecule has 3 aromatic rings. The Balaban J connectivity index is 0. The van der Waals surface area contributed by atoms with Crippen molar-refractivity contribution in [3.63, 3.8) is 0 Å². The third-order valence-electron chi connectivity index (χ3n) is 3.41. The van der Waals surface area contributed by atoms with E-state index in [1.807, 2.05) is 0 Å². The number of rotatable bonds is 4. The van der Waals surface area contributed by atoms with Crippen molar-refractivity contribution in [2.45, 2.75) is 32.2 Å². The molecule has 7 heteroatoms. The number of hydrogen-bond donors (Lipinski definition) is 0. The second kappa shape index (κ2) is 14.8. The van der Waals surface area contributed by atoms with Crippen LogP contribution in [0.2, 0.25) is 32.2 Å². The van der Waals surface area contributed by atoms with Gasteiger partial charge in [0.2, 0.25) is 0 Å². The van der Waals surface area contributed by atoms with E-state index in [0.717, 1.165) is 36.5 Å². The molecule has 0 amide bonds. The summed E-state index contributed by atoms with van der Waals surface area (Å²) < 4.78 is 13.9. The topological polar surface area (TPSA) is 26.3 Å². The minimum atomic E-state index is -1.19. The van der Waals surface area contributed by atoms with Crippen LogP contribution in [-0.2, 0) is 28.2 Å². The van der Waals surface area contributed by atoms with Gasteiger partial charge in [0.05, 0.1) is 0 Å². The van der Waals surface area contributed by atoms with Gasteiger partial charge in [0.1, 0.15) is 0 Å². The van der Waals surface area contributed by atoms with Crippen LogP contribution in [0.1, 0.15) is 0 Å². The molecule has 0 saturated heterocycles. The van der Waals surface area contributed by atoms with Gasteiger partial charge in [-0.3, -0.25) is 0 Å². The minimum absolute atomic E-state index is 0. The summed E-state index contributed by atoms with van der Waals surface area (Å²) in [6, 6.07) is 20.5. The first-order chi connectivity index (χ1) is 11.5. The molecule has 2 radical (unpaired) electrons. The zero-order chi connectivity index (χ0) is 18.0. The fourth-order valence-corrected chi connectivity index (χ4v) is 3.59. The number of benzene rings is 2. The molecule has 0 spiro atoms. The summed E-state index contributed by atoms with van der Waals surface area (Å²) in [5.41, 5.74) is 0. The monoisotopic (exact) mass is 461 g/mol. The zero-order valence-electron chi connectivity index (χ0n) is 15.7. The Morgan fingerprint density at radius 1 is 0.923 bits per heavy atom. The summed E-state index contributed by atoms with van der Waals surface area (Å²) in [5, 5.41) is 5.39. The predicted octanol–water partition coefficient (Wildman–Crippen LogP) is 6.44. The van der Waals surface area contributed by atoms with E-state index < -0.39 is 8.32 Å². The third kappa shape index (κ3) is 9.65. The van der Waals surface area contributed by atoms with Crippen molar-refractivity contribution in [1.29, 1.82) is 0 Å². The van der Waals surface area contributed by atoms with Crippen molar-refractivity contribution < 1.29 is 28.2 Å². The fourth-order valence-electron chi connectivity index (χ4n) is 2.36. The maximum absolute atomic E-state index is 8.25. The van der Waals surface area contributed by atoms with Crippen LogP contribution >= 0.6 is 24.8 Å². The summed E-state index contributed by atoms with van der Waals surface area (Å²) in [6.45, 7) is 9.88. The van der Waals surface area contributed by atoms with Gasteiger partial charge in [0.25, 0.3) is 0 Å². The van der Waals surface area contributed by atoms with E-state index in [1.165, 1.54) is 27.6 Å². The first kappa shape index (κ1) is 28.0. The van der Waals surface area contributed by atoms with Crippen LogP contribution in [0.3, 0.4) is 0 Å². The number of fused-ring (bicyclic) bond motifs is 3. The molecule has 2 nitrogen and oxygen atoms in total. The van der Waals surface area contributed by atoms with Gasteiger partial charge in [0, 0.05) is 16.1 Å². The second-order valence-corrected chi connectivity index (χ2v) is 12.1. The smallest absolute Gasteiger partial charge is 0.0771 e. The van der Waals surface area contributed by atoms with E-state index in [4.69, 9.17) is 7.75 Å². The Hall–Kier alpha value is -0.202. The van der Waals surface area contributed by atoms with Gasteiger partial charge in [-0.2, -0.15) is 0 Å². The molecule has 0 unspecified atom stereocenters. The molecule has 0 aliphatic rings. The largest absolute Gasteiger partial charge is 0.126 e. The maximum Gasteiger partial charge on any atom is -0.0771 e. The van der Waals surface area contributed by atoms with E-state index in [0.29, 0.717) is 0 Å². The van der Waals surface area contributed by atoms with Gasteiger partial charge >= 0.3 is 23.7 Å². The van der Waals surface area contributed by atoms with Crippen molar-refractivity contribution in [3.05, 3.63) is 54.6 Å². The third-order valence-corrected chi connectivity index (χ3v) is 5.18. The standard InChI is InChI=1S/C13H9.C6H16OSi2.2ClH.O.Ti/c1-3-7-12-10(5-1)9-11-6-2-4-8-13(11)12;1-8-6-5-7-9(2,3)4;;;;/h1-9H;5-6H2,1-4H3;2*1H;;/q-1;;;;;+1. The molecule has 0 atom stereocenters. The van der Waals surface area contributed by atoms with Crippen molar-refractivity contribution in [2.24, 2.45) is 0 Å². The van der Waals surface area contributed by atoms with Crippen LogP contribution in [0.15, 0.2) is 54.6 Å². The van der Waals surface area contributed by atoms with Crippen molar-refractivity contribution in [3.8, 4) is 0 Å². The Kier molecular flexibility index (Phi) is 16.0. The fraction of sp³-hybridized carbons (Fsp3) is 0.316. The van der Waals surface area contributed by atoms with Gasteiger partial charge in [0.15, 0.2) is 8.32 Å². The minimum Gasteiger partial charge on any atom is -0.126 e. The van der Waals surface area contributed by atoms with E-state index in [9.17, 15) is 0 Å². The van der Waals surface area contributed by atoms with Gasteiger partial charge in [-0.05, 0) is 25.7 Å². The predicted molar refractivity (Wildman–Crippen MR) is 118 cm³/mol. The molecule has 3 rings (SSSR count). The molecular formula is C19H27Cl2O2Si2Ti. The first-order valence-corrected chi connectivity index (χ1v) is 13.8. The molecule has 0 aromatic heterocycles. The zero-order valence-corrected chi connectivity index (χ0v) is 20.9. The quantitative estimate of drug-likeness (QED) is 0.253. The maximum atomic E-state index is 8.25. The molecule has 0 heterocycles. The molecule has 0 bridgehead atoms. The molecule has 0 saturated carbocycles. The number of hydrogen-bond acceptors (Lipinski definition) is 2. The number of halogens is 2. The molecule has 26 heavy (non-hydrogen) atoms. The average Bonchev–Trinajstić information content (AvgIpc) is 2.95. The summed E-state index contributed by atoms with van der Waals surface area (Å²) in [7, 11) is -0.149. The van der Waals surface area contributed by atoms with Crippen LogP contribution in [0.5, 0.6) is 0 Å². The molecule has 0 fully saturated rings. The molecule has 3 aromatic carbocycles. The van der Waals surface area contributed by atoms with Gasteiger partial charge in [-0.15, -0.1) is 64.6 Å². The molecule has 141 valence electrons. The Morgan fingerprint density at radius 2 is 1.35 bits per heavy atom. The summed E-state index contributed by atoms with van der Waals surface area (Å²) >= 11 is 0.750. The molecule has 0 aliphatic heterocycles. The summed E-state index contributed by atoms with van der Waals surface area (Å²) in [4.78, 5) is 0. The van der Waals surface area contributed by atoms with Crippen molar-refractivity contribution in [2.75, 3.05) is 6.61 Å². The molecule has 0 aliphatic carbocycles. The molecule has 0 N–H and O–H groups in total. The Labute approximate surface area is 184 Å². The summed E-state index contributed by atoms with van der Waals surface area (Å²) in [6.07, 6.45) is 0. The molecular weight excluding hydrogens is 435 g/mol. The van der Waals surface area contributed by atoms with Gasteiger partial charge in [-0.1, -0.05) is 42.9 Å². The van der Waals surface area contributed by atoms with Crippen LogP contribution < -0.4 is 0 Å². The summed E-state index contributed by atoms with van der Waals surface area (Å²) in [5.74, 6) is 0. The van der Waals surface area contributed by atoms with Crippen LogP contribution in [0.4, 0.5) is 0 Å². The normalized spacial score (nSPS) is 9.92. The van der Waals surface area contributed by atoms with Crippen molar-refractivity contribution in [1.82, 2.24) is 0 Å².